The summed E-state index contributed by atoms with van der Waals surface area (Å²) in [5.74, 6) is -2.79. The molecule has 3 fully saturated rings. The number of nitrogens with zero attached hydrogens (tertiary/aromatic N) is 1. The molecule has 0 radical (unpaired) electrons. The van der Waals surface area contributed by atoms with E-state index in [0.717, 1.165) is 12.8 Å². The molecule has 2 aliphatic carbocycles. The van der Waals surface area contributed by atoms with Gasteiger partial charge < -0.3 is 4.74 Å². The number of ether oxygens (including phenoxy) is 1. The van der Waals surface area contributed by atoms with Gasteiger partial charge in [-0.15, -0.1) is 0 Å². The molecule has 3 aliphatic rings. The van der Waals surface area contributed by atoms with Gasteiger partial charge in [-0.3, -0.25) is 4.90 Å². The molecular formula is C11H17F2NO. The highest BCUT2D eigenvalue weighted by Crippen LogP contribution is 2.68. The third kappa shape index (κ3) is 1.15. The van der Waals surface area contributed by atoms with Crippen LogP contribution in [-0.2, 0) is 4.74 Å². The maximum atomic E-state index is 13.9. The Morgan fingerprint density at radius 2 is 1.87 bits per heavy atom. The third-order valence-corrected chi connectivity index (χ3v) is 4.38. The Kier molecular flexibility index (Phi) is 2.09. The van der Waals surface area contributed by atoms with Crippen molar-refractivity contribution in [2.45, 2.75) is 37.1 Å². The average Bonchev–Trinajstić information content (AvgIpc) is 2.80. The normalized spacial score (nSPS) is 44.8. The van der Waals surface area contributed by atoms with Gasteiger partial charge in [-0.25, -0.2) is 8.78 Å². The highest BCUT2D eigenvalue weighted by Gasteiger charge is 2.82. The first kappa shape index (κ1) is 9.97. The SMILES string of the molecule is FC1(F)C2CCCCC21N1CCOCC1. The number of halogens is 2. The van der Waals surface area contributed by atoms with Gasteiger partial charge in [-0.2, -0.15) is 0 Å². The van der Waals surface area contributed by atoms with Crippen LogP contribution >= 0.6 is 0 Å². The summed E-state index contributed by atoms with van der Waals surface area (Å²) in [7, 11) is 0. The zero-order valence-corrected chi connectivity index (χ0v) is 8.85. The molecule has 0 amide bonds. The maximum absolute atomic E-state index is 13.9. The number of rotatable bonds is 1. The van der Waals surface area contributed by atoms with Crippen LogP contribution in [0, 0.1) is 5.92 Å². The highest BCUT2D eigenvalue weighted by atomic mass is 19.3. The second kappa shape index (κ2) is 3.14. The van der Waals surface area contributed by atoms with E-state index in [9.17, 15) is 8.78 Å². The molecule has 1 saturated heterocycles. The van der Waals surface area contributed by atoms with Gasteiger partial charge in [0.2, 0.25) is 0 Å². The van der Waals surface area contributed by atoms with E-state index in [0.29, 0.717) is 39.1 Å². The van der Waals surface area contributed by atoms with Crippen LogP contribution in [0.2, 0.25) is 0 Å². The fraction of sp³-hybridized carbons (Fsp3) is 1.00. The Bertz CT molecular complexity index is 265. The predicted octanol–water partition coefficient (Wildman–Crippen LogP) is 1.90. The van der Waals surface area contributed by atoms with Crippen molar-refractivity contribution in [2.75, 3.05) is 26.3 Å². The van der Waals surface area contributed by atoms with Crippen molar-refractivity contribution in [3.05, 3.63) is 0 Å². The Labute approximate surface area is 88.6 Å². The molecule has 0 spiro atoms. The fourth-order valence-electron chi connectivity index (χ4n) is 3.57. The van der Waals surface area contributed by atoms with Gasteiger partial charge in [0, 0.05) is 19.0 Å². The van der Waals surface area contributed by atoms with Gasteiger partial charge in [0.1, 0.15) is 0 Å². The molecule has 0 bridgehead atoms. The third-order valence-electron chi connectivity index (χ3n) is 4.38. The molecule has 2 atom stereocenters. The van der Waals surface area contributed by atoms with Gasteiger partial charge in [-0.05, 0) is 12.8 Å². The van der Waals surface area contributed by atoms with Crippen LogP contribution in [0.4, 0.5) is 8.78 Å². The van der Waals surface area contributed by atoms with E-state index in [2.05, 4.69) is 0 Å². The average molecular weight is 217 g/mol. The topological polar surface area (TPSA) is 12.5 Å². The van der Waals surface area contributed by atoms with E-state index in [1.807, 2.05) is 4.90 Å². The highest BCUT2D eigenvalue weighted by molar-refractivity contribution is 5.27. The molecule has 86 valence electrons. The minimum Gasteiger partial charge on any atom is -0.379 e. The van der Waals surface area contributed by atoms with Crippen LogP contribution in [0.15, 0.2) is 0 Å². The number of fused-ring (bicyclic) bond motifs is 1. The minimum absolute atomic E-state index is 0.364. The van der Waals surface area contributed by atoms with Crippen LogP contribution in [0.5, 0.6) is 0 Å². The van der Waals surface area contributed by atoms with Crippen LogP contribution < -0.4 is 0 Å². The van der Waals surface area contributed by atoms with Gasteiger partial charge in [-0.1, -0.05) is 12.8 Å². The molecule has 0 aromatic rings. The monoisotopic (exact) mass is 217 g/mol. The van der Waals surface area contributed by atoms with E-state index in [1.54, 1.807) is 0 Å². The lowest BCUT2D eigenvalue weighted by molar-refractivity contribution is -0.0370. The summed E-state index contributed by atoms with van der Waals surface area (Å²) in [6.07, 6.45) is 3.34. The molecule has 0 aromatic carbocycles. The lowest BCUT2D eigenvalue weighted by Crippen LogP contribution is -2.49. The Hall–Kier alpha value is -0.220. The standard InChI is InChI=1S/C11H17F2NO/c12-11(13)9-3-1-2-4-10(9,11)14-5-7-15-8-6-14/h9H,1-8H2. The van der Waals surface area contributed by atoms with Crippen molar-refractivity contribution in [1.82, 2.24) is 4.90 Å². The number of morpholine rings is 1. The molecule has 1 heterocycles. The number of hydrogen-bond acceptors (Lipinski definition) is 2. The van der Waals surface area contributed by atoms with Crippen molar-refractivity contribution in [2.24, 2.45) is 5.92 Å². The molecule has 2 unspecified atom stereocenters. The fourth-order valence-corrected chi connectivity index (χ4v) is 3.57. The largest absolute Gasteiger partial charge is 0.379 e. The first-order chi connectivity index (χ1) is 7.19. The Morgan fingerprint density at radius 1 is 1.13 bits per heavy atom. The molecule has 1 aliphatic heterocycles. The zero-order valence-electron chi connectivity index (χ0n) is 8.85. The predicted molar refractivity (Wildman–Crippen MR) is 52.0 cm³/mol. The van der Waals surface area contributed by atoms with Crippen LogP contribution in [0.25, 0.3) is 0 Å². The summed E-state index contributed by atoms with van der Waals surface area (Å²) < 4.78 is 33.0. The van der Waals surface area contributed by atoms with Gasteiger partial charge in [0.05, 0.1) is 18.8 Å². The Morgan fingerprint density at radius 3 is 2.53 bits per heavy atom. The van der Waals surface area contributed by atoms with E-state index >= 15 is 0 Å². The molecule has 15 heavy (non-hydrogen) atoms. The van der Waals surface area contributed by atoms with Crippen LogP contribution in [-0.4, -0.2) is 42.7 Å². The van der Waals surface area contributed by atoms with Crippen LogP contribution in [0.3, 0.4) is 0 Å². The molecule has 2 nitrogen and oxygen atoms in total. The van der Waals surface area contributed by atoms with E-state index < -0.39 is 11.5 Å². The summed E-state index contributed by atoms with van der Waals surface area (Å²) in [5.41, 5.74) is -0.769. The minimum atomic E-state index is -2.43. The number of alkyl halides is 2. The lowest BCUT2D eigenvalue weighted by atomic mass is 9.93. The van der Waals surface area contributed by atoms with Crippen molar-refractivity contribution < 1.29 is 13.5 Å². The van der Waals surface area contributed by atoms with E-state index in [4.69, 9.17) is 4.74 Å². The number of hydrogen-bond donors (Lipinski definition) is 0. The summed E-state index contributed by atoms with van der Waals surface area (Å²) in [6, 6.07) is 0. The first-order valence-corrected chi connectivity index (χ1v) is 5.90. The molecule has 4 heteroatoms. The second-order valence-corrected chi connectivity index (χ2v) is 4.95. The summed E-state index contributed by atoms with van der Waals surface area (Å²) in [6.45, 7) is 2.60. The first-order valence-electron chi connectivity index (χ1n) is 5.90. The van der Waals surface area contributed by atoms with Crippen molar-refractivity contribution in [1.29, 1.82) is 0 Å². The summed E-state index contributed by atoms with van der Waals surface area (Å²) in [4.78, 5) is 2.00. The van der Waals surface area contributed by atoms with Gasteiger partial charge >= 0.3 is 0 Å². The Balaban J connectivity index is 1.82. The molecule has 2 saturated carbocycles. The summed E-state index contributed by atoms with van der Waals surface area (Å²) in [5, 5.41) is 0. The molecule has 0 aromatic heterocycles. The van der Waals surface area contributed by atoms with E-state index in [1.165, 1.54) is 0 Å². The maximum Gasteiger partial charge on any atom is 0.271 e. The summed E-state index contributed by atoms with van der Waals surface area (Å²) >= 11 is 0. The lowest BCUT2D eigenvalue weighted by Gasteiger charge is -2.36. The zero-order chi connectivity index (χ0) is 10.5. The van der Waals surface area contributed by atoms with E-state index in [-0.39, 0.29) is 5.92 Å². The quantitative estimate of drug-likeness (QED) is 0.665. The van der Waals surface area contributed by atoms with Gasteiger partial charge in [0.15, 0.2) is 0 Å². The molecule has 0 N–H and O–H groups in total. The van der Waals surface area contributed by atoms with Crippen molar-refractivity contribution in [3.63, 3.8) is 0 Å². The van der Waals surface area contributed by atoms with Gasteiger partial charge in [0.25, 0.3) is 5.92 Å². The molecular weight excluding hydrogens is 200 g/mol. The smallest absolute Gasteiger partial charge is 0.271 e. The van der Waals surface area contributed by atoms with Crippen molar-refractivity contribution in [3.8, 4) is 0 Å². The van der Waals surface area contributed by atoms with Crippen LogP contribution in [0.1, 0.15) is 25.7 Å². The van der Waals surface area contributed by atoms with Crippen molar-refractivity contribution >= 4 is 0 Å². The second-order valence-electron chi connectivity index (χ2n) is 4.95. The molecule has 3 rings (SSSR count).